The largest absolute Gasteiger partial charge is 0.409 e. The SMILES string of the molecule is Cc1cccc(C(=O)NC(C)(C)/C(N)=N/O)c1F. The van der Waals surface area contributed by atoms with Gasteiger partial charge in [0.05, 0.1) is 11.1 Å². The molecule has 0 radical (unpaired) electrons. The molecule has 0 fully saturated rings. The fourth-order valence-corrected chi connectivity index (χ4v) is 1.36. The van der Waals surface area contributed by atoms with E-state index in [0.717, 1.165) is 0 Å². The highest BCUT2D eigenvalue weighted by Crippen LogP contribution is 2.13. The first-order valence-corrected chi connectivity index (χ1v) is 5.35. The number of carbonyl (C=O) groups is 1. The Hall–Kier alpha value is -2.11. The zero-order chi connectivity index (χ0) is 13.9. The lowest BCUT2D eigenvalue weighted by Crippen LogP contribution is -2.53. The van der Waals surface area contributed by atoms with E-state index in [9.17, 15) is 9.18 Å². The van der Waals surface area contributed by atoms with E-state index >= 15 is 0 Å². The first-order chi connectivity index (χ1) is 8.29. The second-order valence-corrected chi connectivity index (χ2v) is 4.50. The lowest BCUT2D eigenvalue weighted by Gasteiger charge is -2.24. The van der Waals surface area contributed by atoms with Crippen molar-refractivity contribution >= 4 is 11.7 Å². The van der Waals surface area contributed by atoms with Crippen LogP contribution in [0.15, 0.2) is 23.4 Å². The molecular formula is C12H16FN3O2. The summed E-state index contributed by atoms with van der Waals surface area (Å²) in [7, 11) is 0. The molecule has 0 unspecified atom stereocenters. The number of nitrogens with zero attached hydrogens (tertiary/aromatic N) is 1. The molecule has 6 heteroatoms. The van der Waals surface area contributed by atoms with Crippen LogP contribution in [0.2, 0.25) is 0 Å². The topological polar surface area (TPSA) is 87.7 Å². The van der Waals surface area contributed by atoms with Gasteiger partial charge >= 0.3 is 0 Å². The first kappa shape index (κ1) is 14.0. The van der Waals surface area contributed by atoms with Crippen molar-refractivity contribution in [3.8, 4) is 0 Å². The maximum Gasteiger partial charge on any atom is 0.255 e. The molecule has 1 amide bonds. The molecule has 0 aromatic heterocycles. The molecule has 4 N–H and O–H groups in total. The molecule has 98 valence electrons. The van der Waals surface area contributed by atoms with Crippen molar-refractivity contribution < 1.29 is 14.4 Å². The summed E-state index contributed by atoms with van der Waals surface area (Å²) < 4.78 is 13.7. The molecule has 0 atom stereocenters. The van der Waals surface area contributed by atoms with E-state index in [1.807, 2.05) is 0 Å². The molecule has 1 rings (SSSR count). The average molecular weight is 253 g/mol. The van der Waals surface area contributed by atoms with Crippen molar-refractivity contribution in [2.45, 2.75) is 26.3 Å². The Morgan fingerprint density at radius 1 is 1.50 bits per heavy atom. The number of aryl methyl sites for hydroxylation is 1. The number of hydrogen-bond acceptors (Lipinski definition) is 3. The van der Waals surface area contributed by atoms with Gasteiger partial charge in [0.25, 0.3) is 5.91 Å². The molecular weight excluding hydrogens is 237 g/mol. The number of nitrogens with one attached hydrogen (secondary N) is 1. The van der Waals surface area contributed by atoms with E-state index in [1.165, 1.54) is 6.07 Å². The standard InChI is InChI=1S/C12H16FN3O2/c1-7-5-4-6-8(9(7)13)10(17)15-12(2,3)11(14)16-18/h4-6,18H,1-3H3,(H2,14,16)(H,15,17). The molecule has 0 bridgehead atoms. The zero-order valence-electron chi connectivity index (χ0n) is 10.5. The van der Waals surface area contributed by atoms with Crippen LogP contribution in [0.1, 0.15) is 29.8 Å². The van der Waals surface area contributed by atoms with Gasteiger partial charge in [0.2, 0.25) is 0 Å². The Balaban J connectivity index is 3.00. The smallest absolute Gasteiger partial charge is 0.255 e. The number of benzene rings is 1. The molecule has 0 saturated heterocycles. The van der Waals surface area contributed by atoms with Gasteiger partial charge in [-0.3, -0.25) is 4.79 Å². The van der Waals surface area contributed by atoms with Crippen LogP contribution in [-0.4, -0.2) is 22.5 Å². The van der Waals surface area contributed by atoms with Crippen LogP contribution in [0.4, 0.5) is 4.39 Å². The summed E-state index contributed by atoms with van der Waals surface area (Å²) in [6.45, 7) is 4.67. The van der Waals surface area contributed by atoms with Crippen LogP contribution in [-0.2, 0) is 0 Å². The van der Waals surface area contributed by atoms with Gasteiger partial charge in [-0.2, -0.15) is 0 Å². The Morgan fingerprint density at radius 2 is 2.11 bits per heavy atom. The van der Waals surface area contributed by atoms with Crippen molar-refractivity contribution in [3.05, 3.63) is 35.1 Å². The van der Waals surface area contributed by atoms with E-state index in [4.69, 9.17) is 10.9 Å². The molecule has 0 aliphatic heterocycles. The maximum atomic E-state index is 13.7. The molecule has 5 nitrogen and oxygen atoms in total. The number of amides is 1. The van der Waals surface area contributed by atoms with Crippen LogP contribution in [0.5, 0.6) is 0 Å². The predicted molar refractivity (Wildman–Crippen MR) is 66.1 cm³/mol. The number of amidine groups is 1. The Bertz CT molecular complexity index is 498. The van der Waals surface area contributed by atoms with Crippen LogP contribution >= 0.6 is 0 Å². The fourth-order valence-electron chi connectivity index (χ4n) is 1.36. The predicted octanol–water partition coefficient (Wildman–Crippen LogP) is 1.39. The minimum absolute atomic E-state index is 0.0752. The van der Waals surface area contributed by atoms with Gasteiger partial charge < -0.3 is 16.3 Å². The zero-order valence-corrected chi connectivity index (χ0v) is 10.5. The van der Waals surface area contributed by atoms with Crippen molar-refractivity contribution in [1.82, 2.24) is 5.32 Å². The lowest BCUT2D eigenvalue weighted by atomic mass is 10.0. The number of hydrogen-bond donors (Lipinski definition) is 3. The summed E-state index contributed by atoms with van der Waals surface area (Å²) >= 11 is 0. The van der Waals surface area contributed by atoms with E-state index in [1.54, 1.807) is 32.9 Å². The minimum atomic E-state index is -1.07. The number of carbonyl (C=O) groups excluding carboxylic acids is 1. The highest BCUT2D eigenvalue weighted by atomic mass is 19.1. The molecule has 18 heavy (non-hydrogen) atoms. The van der Waals surface area contributed by atoms with Gasteiger partial charge in [-0.1, -0.05) is 17.3 Å². The summed E-state index contributed by atoms with van der Waals surface area (Å²) in [5, 5.41) is 13.9. The highest BCUT2D eigenvalue weighted by Gasteiger charge is 2.27. The van der Waals surface area contributed by atoms with Crippen LogP contribution < -0.4 is 11.1 Å². The summed E-state index contributed by atoms with van der Waals surface area (Å²) in [6.07, 6.45) is 0. The molecule has 1 aromatic carbocycles. The Kier molecular flexibility index (Phi) is 3.90. The van der Waals surface area contributed by atoms with Crippen molar-refractivity contribution in [1.29, 1.82) is 0 Å². The molecule has 0 heterocycles. The second kappa shape index (κ2) is 5.03. The van der Waals surface area contributed by atoms with Crippen LogP contribution in [0.3, 0.4) is 0 Å². The highest BCUT2D eigenvalue weighted by molar-refractivity contribution is 6.00. The minimum Gasteiger partial charge on any atom is -0.409 e. The van der Waals surface area contributed by atoms with Gasteiger partial charge in [-0.15, -0.1) is 0 Å². The molecule has 0 aliphatic carbocycles. The van der Waals surface area contributed by atoms with Gasteiger partial charge in [-0.05, 0) is 32.4 Å². The normalized spacial score (nSPS) is 12.3. The molecule has 0 saturated carbocycles. The van der Waals surface area contributed by atoms with E-state index in [-0.39, 0.29) is 11.4 Å². The first-order valence-electron chi connectivity index (χ1n) is 5.35. The third kappa shape index (κ3) is 2.77. The monoisotopic (exact) mass is 253 g/mol. The molecule has 1 aromatic rings. The van der Waals surface area contributed by atoms with Crippen LogP contribution in [0, 0.1) is 12.7 Å². The third-order valence-electron chi connectivity index (χ3n) is 2.61. The molecule has 0 aliphatic rings. The number of oxime groups is 1. The maximum absolute atomic E-state index is 13.7. The van der Waals surface area contributed by atoms with E-state index in [0.29, 0.717) is 5.56 Å². The lowest BCUT2D eigenvalue weighted by molar-refractivity contribution is 0.0926. The second-order valence-electron chi connectivity index (χ2n) is 4.50. The van der Waals surface area contributed by atoms with E-state index in [2.05, 4.69) is 10.5 Å². The number of nitrogens with two attached hydrogens (primary N) is 1. The van der Waals surface area contributed by atoms with Gasteiger partial charge in [0, 0.05) is 0 Å². The number of rotatable bonds is 3. The van der Waals surface area contributed by atoms with Gasteiger partial charge in [0.1, 0.15) is 5.82 Å². The van der Waals surface area contributed by atoms with Gasteiger partial charge in [-0.25, -0.2) is 4.39 Å². The van der Waals surface area contributed by atoms with Crippen molar-refractivity contribution in [2.24, 2.45) is 10.9 Å². The summed E-state index contributed by atoms with van der Waals surface area (Å²) in [5.41, 5.74) is 4.67. The van der Waals surface area contributed by atoms with Crippen molar-refractivity contribution in [2.75, 3.05) is 0 Å². The quantitative estimate of drug-likeness (QED) is 0.329. The number of halogens is 1. The fraction of sp³-hybridized carbons (Fsp3) is 0.333. The van der Waals surface area contributed by atoms with Crippen LogP contribution in [0.25, 0.3) is 0 Å². The summed E-state index contributed by atoms with van der Waals surface area (Å²) in [6, 6.07) is 4.53. The molecule has 0 spiro atoms. The summed E-state index contributed by atoms with van der Waals surface area (Å²) in [4.78, 5) is 11.9. The average Bonchev–Trinajstić information content (AvgIpc) is 2.30. The summed E-state index contributed by atoms with van der Waals surface area (Å²) in [5.74, 6) is -1.36. The Labute approximate surface area is 104 Å². The van der Waals surface area contributed by atoms with E-state index < -0.39 is 17.3 Å². The van der Waals surface area contributed by atoms with Crippen molar-refractivity contribution in [3.63, 3.8) is 0 Å². The van der Waals surface area contributed by atoms with Gasteiger partial charge in [0.15, 0.2) is 5.84 Å². The Morgan fingerprint density at radius 3 is 2.67 bits per heavy atom. The third-order valence-corrected chi connectivity index (χ3v) is 2.61.